The molecule has 3 aliphatic heterocycles. The molecule has 0 aromatic heterocycles. The quantitative estimate of drug-likeness (QED) is 0.258. The molecule has 0 aromatic rings. The lowest BCUT2D eigenvalue weighted by molar-refractivity contribution is -0.282. The van der Waals surface area contributed by atoms with Crippen LogP contribution >= 0.6 is 0 Å². The number of esters is 3. The van der Waals surface area contributed by atoms with E-state index in [1.807, 2.05) is 27.7 Å². The Labute approximate surface area is 269 Å². The molecule has 3 saturated heterocycles. The number of epoxide rings is 2. The third-order valence-electron chi connectivity index (χ3n) is 15.3. The largest absolute Gasteiger partial charge is 0.458 e. The van der Waals surface area contributed by atoms with Gasteiger partial charge in [-0.05, 0) is 50.4 Å². The number of carbonyl (C=O) groups excluding carboxylic acids is 3. The average molecular weight is 649 g/mol. The average Bonchev–Trinajstić information content (AvgIpc) is 3.89. The molecule has 0 bridgehead atoms. The second kappa shape index (κ2) is 9.24. The highest BCUT2D eigenvalue weighted by atomic mass is 16.8. The van der Waals surface area contributed by atoms with E-state index in [0.29, 0.717) is 6.42 Å². The summed E-state index contributed by atoms with van der Waals surface area (Å²) in [5.74, 6) is -5.62. The first-order valence-electron chi connectivity index (χ1n) is 16.9. The number of fused-ring (bicyclic) bond motifs is 9. The molecule has 5 aliphatic carbocycles. The minimum absolute atomic E-state index is 0.0305. The summed E-state index contributed by atoms with van der Waals surface area (Å²) in [5, 5.41) is 25.0. The lowest BCUT2D eigenvalue weighted by Crippen LogP contribution is -2.72. The van der Waals surface area contributed by atoms with Gasteiger partial charge in [-0.3, -0.25) is 9.59 Å². The molecule has 1 spiro atoms. The van der Waals surface area contributed by atoms with Crippen LogP contribution in [0.5, 0.6) is 0 Å². The second-order valence-corrected chi connectivity index (χ2v) is 16.4. The summed E-state index contributed by atoms with van der Waals surface area (Å²) in [6.07, 6.45) is -3.68. The number of hydrogen-bond donors (Lipinski definition) is 2. The molecule has 46 heavy (non-hydrogen) atoms. The van der Waals surface area contributed by atoms with Crippen molar-refractivity contribution in [2.45, 2.75) is 122 Å². The first-order chi connectivity index (χ1) is 21.5. The fraction of sp³-hybridized carbons (Fsp3) is 0.912. The molecule has 8 aliphatic rings. The highest BCUT2D eigenvalue weighted by Crippen LogP contribution is 2.81. The summed E-state index contributed by atoms with van der Waals surface area (Å²) in [7, 11) is 3.14. The van der Waals surface area contributed by atoms with E-state index in [9.17, 15) is 24.6 Å². The molecule has 5 saturated carbocycles. The number of carbonyl (C=O) groups is 3. The summed E-state index contributed by atoms with van der Waals surface area (Å²) >= 11 is 0. The zero-order valence-electron chi connectivity index (χ0n) is 28.1. The van der Waals surface area contributed by atoms with Gasteiger partial charge in [-0.25, -0.2) is 4.79 Å². The maximum atomic E-state index is 13.6. The number of hydrogen-bond acceptors (Lipinski definition) is 12. The molecule has 0 aromatic carbocycles. The van der Waals surface area contributed by atoms with Crippen molar-refractivity contribution < 1.29 is 57.8 Å². The summed E-state index contributed by atoms with van der Waals surface area (Å²) < 4.78 is 43.3. The van der Waals surface area contributed by atoms with Crippen LogP contribution in [0.15, 0.2) is 0 Å². The molecule has 256 valence electrons. The Balaban J connectivity index is 1.37. The molecule has 0 amide bonds. The standard InChI is InChI=1S/C34H48O12/c1-12-19-22(32(6)33(7,41-9)29(39)46-34(32)27(12)45-34)23(37)20-18-16(40-8)10-15-11-17-24(44-17)26(38)30(15,4)21(18)25(42-13(2)35)28(31(19,20)5)43-14(3)36/h12,15-28,37-38H,10-11H2,1-9H3/t12-,15-,16-,17-,18?,19-,20+,21?,22-,23+,24-,25-,26-,27+,28-,30-,31+,32-,33+,34-/m0/s1. The fourth-order valence-electron chi connectivity index (χ4n) is 13.2. The van der Waals surface area contributed by atoms with Gasteiger partial charge in [0, 0.05) is 56.7 Å². The van der Waals surface area contributed by atoms with Gasteiger partial charge in [0.1, 0.15) is 24.4 Å². The van der Waals surface area contributed by atoms with Gasteiger partial charge in [-0.1, -0.05) is 20.8 Å². The van der Waals surface area contributed by atoms with Gasteiger partial charge < -0.3 is 43.4 Å². The topological polar surface area (TPSA) is 163 Å². The maximum absolute atomic E-state index is 13.6. The van der Waals surface area contributed by atoms with Crippen molar-refractivity contribution in [2.24, 2.45) is 57.7 Å². The minimum atomic E-state index is -1.44. The molecule has 8 fully saturated rings. The Morgan fingerprint density at radius 1 is 0.913 bits per heavy atom. The normalized spacial score (nSPS) is 61.8. The van der Waals surface area contributed by atoms with E-state index in [4.69, 9.17) is 33.2 Å². The van der Waals surface area contributed by atoms with Crippen molar-refractivity contribution in [3.05, 3.63) is 0 Å². The van der Waals surface area contributed by atoms with Crippen molar-refractivity contribution in [3.8, 4) is 0 Å². The van der Waals surface area contributed by atoms with Crippen LogP contribution in [0.1, 0.15) is 61.3 Å². The molecule has 3 heterocycles. The Morgan fingerprint density at radius 2 is 1.59 bits per heavy atom. The van der Waals surface area contributed by atoms with E-state index in [-0.39, 0.29) is 36.1 Å². The molecule has 20 atom stereocenters. The Hall–Kier alpha value is -1.83. The van der Waals surface area contributed by atoms with Gasteiger partial charge in [0.15, 0.2) is 5.60 Å². The van der Waals surface area contributed by atoms with Crippen molar-refractivity contribution in [1.82, 2.24) is 0 Å². The summed E-state index contributed by atoms with van der Waals surface area (Å²) in [5.41, 5.74) is -4.34. The van der Waals surface area contributed by atoms with E-state index in [2.05, 4.69) is 0 Å². The lowest BCUT2D eigenvalue weighted by atomic mass is 9.41. The van der Waals surface area contributed by atoms with Crippen LogP contribution in [0, 0.1) is 57.7 Å². The van der Waals surface area contributed by atoms with Gasteiger partial charge in [0.05, 0.1) is 29.8 Å². The fourth-order valence-corrected chi connectivity index (χ4v) is 13.2. The highest BCUT2D eigenvalue weighted by molar-refractivity contribution is 5.85. The zero-order chi connectivity index (χ0) is 33.3. The molecular weight excluding hydrogens is 600 g/mol. The predicted octanol–water partition coefficient (Wildman–Crippen LogP) is 1.61. The molecule has 0 radical (unpaired) electrons. The van der Waals surface area contributed by atoms with Crippen molar-refractivity contribution in [1.29, 1.82) is 0 Å². The van der Waals surface area contributed by atoms with Crippen LogP contribution in [-0.2, 0) is 47.5 Å². The number of aliphatic hydroxyl groups is 2. The third kappa shape index (κ3) is 3.21. The number of ether oxygens (including phenoxy) is 7. The first-order valence-corrected chi connectivity index (χ1v) is 16.9. The monoisotopic (exact) mass is 648 g/mol. The van der Waals surface area contributed by atoms with E-state index < -0.39 is 99.7 Å². The Morgan fingerprint density at radius 3 is 2.20 bits per heavy atom. The van der Waals surface area contributed by atoms with Crippen LogP contribution in [0.25, 0.3) is 0 Å². The van der Waals surface area contributed by atoms with E-state index in [1.165, 1.54) is 21.0 Å². The third-order valence-corrected chi connectivity index (χ3v) is 15.3. The molecule has 12 nitrogen and oxygen atoms in total. The SMILES string of the molecule is CO[C@H]1C[C@H]2C[C@@H]3O[C@@H]3[C@H](O)[C@]2(C)C2C1[C@@H]1[C@@H](O)[C@@H]3[C@H]([C@H](C)[C@H]4O[C@]45OC(=O)[C@@](C)(OC)[C@]35C)[C@@]1(C)[C@@H](OC(C)=O)[C@H]2OC(C)=O. The van der Waals surface area contributed by atoms with Gasteiger partial charge in [-0.2, -0.15) is 0 Å². The summed E-state index contributed by atoms with van der Waals surface area (Å²) in [6.45, 7) is 12.4. The van der Waals surface area contributed by atoms with Crippen LogP contribution in [-0.4, -0.2) is 103 Å². The second-order valence-electron chi connectivity index (χ2n) is 16.4. The maximum Gasteiger partial charge on any atom is 0.341 e. The van der Waals surface area contributed by atoms with Gasteiger partial charge >= 0.3 is 17.9 Å². The smallest absolute Gasteiger partial charge is 0.341 e. The summed E-state index contributed by atoms with van der Waals surface area (Å²) in [4.78, 5) is 39.6. The van der Waals surface area contributed by atoms with Crippen LogP contribution in [0.3, 0.4) is 0 Å². The number of aliphatic hydroxyl groups excluding tert-OH is 2. The van der Waals surface area contributed by atoms with E-state index in [0.717, 1.165) is 6.42 Å². The molecule has 8 rings (SSSR count). The van der Waals surface area contributed by atoms with Crippen molar-refractivity contribution >= 4 is 17.9 Å². The van der Waals surface area contributed by atoms with Gasteiger partial charge in [0.25, 0.3) is 0 Å². The zero-order valence-corrected chi connectivity index (χ0v) is 28.1. The van der Waals surface area contributed by atoms with E-state index in [1.54, 1.807) is 14.0 Å². The molecule has 2 unspecified atom stereocenters. The lowest BCUT2D eigenvalue weighted by Gasteiger charge is -2.66. The van der Waals surface area contributed by atoms with Crippen LogP contribution in [0.4, 0.5) is 0 Å². The Bertz CT molecular complexity index is 1390. The van der Waals surface area contributed by atoms with Crippen LogP contribution in [0.2, 0.25) is 0 Å². The number of methoxy groups -OCH3 is 2. The van der Waals surface area contributed by atoms with Crippen LogP contribution < -0.4 is 0 Å². The van der Waals surface area contributed by atoms with Crippen molar-refractivity contribution in [3.63, 3.8) is 0 Å². The predicted molar refractivity (Wildman–Crippen MR) is 155 cm³/mol. The van der Waals surface area contributed by atoms with Gasteiger partial charge in [0.2, 0.25) is 5.79 Å². The highest BCUT2D eigenvalue weighted by Gasteiger charge is 2.93. The minimum Gasteiger partial charge on any atom is -0.458 e. The molecular formula is C34H48O12. The van der Waals surface area contributed by atoms with Gasteiger partial charge in [-0.15, -0.1) is 0 Å². The van der Waals surface area contributed by atoms with E-state index >= 15 is 0 Å². The molecule has 12 heteroatoms. The van der Waals surface area contributed by atoms with Crippen molar-refractivity contribution in [2.75, 3.05) is 14.2 Å². The Kier molecular flexibility index (Phi) is 6.31. The number of rotatable bonds is 4. The first kappa shape index (κ1) is 31.4. The summed E-state index contributed by atoms with van der Waals surface area (Å²) in [6, 6.07) is 0. The molecule has 2 N–H and O–H groups in total.